The number of rotatable bonds is 5. The Morgan fingerprint density at radius 1 is 1.27 bits per heavy atom. The molecular formula is C15H14Cl2N4O. The molecule has 7 heteroatoms. The molecule has 0 saturated heterocycles. The summed E-state index contributed by atoms with van der Waals surface area (Å²) in [5, 5.41) is 6.53. The Morgan fingerprint density at radius 2 is 2.05 bits per heavy atom. The Bertz CT molecular complexity index is 719. The third-order valence-corrected chi connectivity index (χ3v) is 3.41. The summed E-state index contributed by atoms with van der Waals surface area (Å²) in [5.74, 6) is 0.700. The predicted octanol–water partition coefficient (Wildman–Crippen LogP) is 3.94. The number of anilines is 2. The summed E-state index contributed by atoms with van der Waals surface area (Å²) < 4.78 is 0. The van der Waals surface area contributed by atoms with Gasteiger partial charge in [-0.05, 0) is 25.1 Å². The van der Waals surface area contributed by atoms with Crippen molar-refractivity contribution in [3.63, 3.8) is 0 Å². The van der Waals surface area contributed by atoms with E-state index in [1.165, 1.54) is 0 Å². The molecule has 0 aliphatic heterocycles. The van der Waals surface area contributed by atoms with Crippen LogP contribution >= 0.6 is 23.2 Å². The van der Waals surface area contributed by atoms with Gasteiger partial charge >= 0.3 is 0 Å². The number of carbonyl (C=O) groups is 1. The van der Waals surface area contributed by atoms with E-state index < -0.39 is 0 Å². The molecule has 1 heterocycles. The number of aromatic nitrogens is 2. The van der Waals surface area contributed by atoms with Crippen LogP contribution in [0.4, 0.5) is 11.5 Å². The average molecular weight is 337 g/mol. The van der Waals surface area contributed by atoms with E-state index in [4.69, 9.17) is 23.2 Å². The lowest BCUT2D eigenvalue weighted by atomic mass is 10.3. The highest BCUT2D eigenvalue weighted by molar-refractivity contribution is 6.42. The molecule has 0 aliphatic carbocycles. The molecule has 0 aliphatic rings. The van der Waals surface area contributed by atoms with Crippen LogP contribution in [0.2, 0.25) is 10.0 Å². The lowest BCUT2D eigenvalue weighted by molar-refractivity contribution is 0.102. The highest BCUT2D eigenvalue weighted by Gasteiger charge is 2.11. The van der Waals surface area contributed by atoms with E-state index in [-0.39, 0.29) is 11.6 Å². The Balaban J connectivity index is 2.19. The van der Waals surface area contributed by atoms with Crippen molar-refractivity contribution >= 4 is 40.6 Å². The number of hydrogen-bond acceptors (Lipinski definition) is 4. The molecule has 114 valence electrons. The Kier molecular flexibility index (Phi) is 5.35. The number of halogens is 2. The quantitative estimate of drug-likeness (QED) is 0.811. The summed E-state index contributed by atoms with van der Waals surface area (Å²) in [5.41, 5.74) is 0.793. The van der Waals surface area contributed by atoms with Crippen molar-refractivity contribution < 1.29 is 4.79 Å². The van der Waals surface area contributed by atoms with Gasteiger partial charge in [0.2, 0.25) is 0 Å². The summed E-state index contributed by atoms with van der Waals surface area (Å²) in [6, 6.07) is 6.43. The van der Waals surface area contributed by atoms with Crippen LogP contribution in [0.1, 0.15) is 16.3 Å². The van der Waals surface area contributed by atoms with Gasteiger partial charge in [0.1, 0.15) is 17.3 Å². The number of hydrogen-bond donors (Lipinski definition) is 2. The Labute approximate surface area is 138 Å². The topological polar surface area (TPSA) is 66.9 Å². The summed E-state index contributed by atoms with van der Waals surface area (Å²) in [6.07, 6.45) is 1.70. The Hall–Kier alpha value is -2.11. The van der Waals surface area contributed by atoms with Gasteiger partial charge in [0.05, 0.1) is 10.0 Å². The van der Waals surface area contributed by atoms with Gasteiger partial charge in [-0.15, -0.1) is 6.58 Å². The van der Waals surface area contributed by atoms with Crippen LogP contribution in [0.3, 0.4) is 0 Å². The van der Waals surface area contributed by atoms with Crippen LogP contribution in [-0.4, -0.2) is 22.4 Å². The molecule has 1 aromatic carbocycles. The van der Waals surface area contributed by atoms with Crippen molar-refractivity contribution in [1.29, 1.82) is 0 Å². The van der Waals surface area contributed by atoms with Crippen molar-refractivity contribution in [2.45, 2.75) is 6.92 Å². The minimum absolute atomic E-state index is 0.255. The molecule has 0 unspecified atom stereocenters. The van der Waals surface area contributed by atoms with Gasteiger partial charge in [0.25, 0.3) is 5.91 Å². The van der Waals surface area contributed by atoms with Gasteiger partial charge in [-0.3, -0.25) is 4.79 Å². The highest BCUT2D eigenvalue weighted by Crippen LogP contribution is 2.25. The zero-order chi connectivity index (χ0) is 16.1. The standard InChI is InChI=1S/C15H14Cl2N4O/c1-3-6-18-14-8-13(19-9(2)20-14)15(22)21-10-4-5-11(16)12(17)7-10/h3-5,7-8H,1,6H2,2H3,(H,21,22)(H,18,19,20). The van der Waals surface area contributed by atoms with Crippen molar-refractivity contribution in [3.8, 4) is 0 Å². The summed E-state index contributed by atoms with van der Waals surface area (Å²) in [4.78, 5) is 20.6. The molecule has 2 aromatic rings. The number of aryl methyl sites for hydroxylation is 1. The first-order valence-electron chi connectivity index (χ1n) is 6.46. The van der Waals surface area contributed by atoms with E-state index in [0.717, 1.165) is 0 Å². The summed E-state index contributed by atoms with van der Waals surface area (Å²) in [6.45, 7) is 5.88. The highest BCUT2D eigenvalue weighted by atomic mass is 35.5. The van der Waals surface area contributed by atoms with Crippen LogP contribution in [-0.2, 0) is 0 Å². The number of amides is 1. The maximum absolute atomic E-state index is 12.3. The number of benzene rings is 1. The predicted molar refractivity (Wildman–Crippen MR) is 89.9 cm³/mol. The van der Waals surface area contributed by atoms with E-state index in [1.54, 1.807) is 37.3 Å². The van der Waals surface area contributed by atoms with Crippen LogP contribution in [0.15, 0.2) is 36.9 Å². The molecule has 2 N–H and O–H groups in total. The van der Waals surface area contributed by atoms with E-state index in [0.29, 0.717) is 33.9 Å². The smallest absolute Gasteiger partial charge is 0.274 e. The number of nitrogens with zero attached hydrogens (tertiary/aromatic N) is 2. The van der Waals surface area contributed by atoms with Crippen molar-refractivity contribution in [3.05, 3.63) is 58.5 Å². The van der Waals surface area contributed by atoms with Gasteiger partial charge in [-0.1, -0.05) is 29.3 Å². The molecule has 1 aromatic heterocycles. The second-order valence-corrected chi connectivity index (χ2v) is 5.25. The summed E-state index contributed by atoms with van der Waals surface area (Å²) in [7, 11) is 0. The zero-order valence-corrected chi connectivity index (χ0v) is 13.4. The van der Waals surface area contributed by atoms with E-state index in [9.17, 15) is 4.79 Å². The lowest BCUT2D eigenvalue weighted by Crippen LogP contribution is -2.16. The third-order valence-electron chi connectivity index (χ3n) is 2.68. The van der Waals surface area contributed by atoms with E-state index in [1.807, 2.05) is 0 Å². The molecular weight excluding hydrogens is 323 g/mol. The fourth-order valence-corrected chi connectivity index (χ4v) is 2.02. The number of carbonyl (C=O) groups excluding carboxylic acids is 1. The van der Waals surface area contributed by atoms with Gasteiger partial charge in [-0.2, -0.15) is 0 Å². The van der Waals surface area contributed by atoms with Gasteiger partial charge in [-0.25, -0.2) is 9.97 Å². The van der Waals surface area contributed by atoms with Crippen LogP contribution < -0.4 is 10.6 Å². The van der Waals surface area contributed by atoms with Gasteiger partial charge < -0.3 is 10.6 Å². The third kappa shape index (κ3) is 4.19. The fourth-order valence-electron chi connectivity index (χ4n) is 1.72. The number of nitrogens with one attached hydrogen (secondary N) is 2. The minimum Gasteiger partial charge on any atom is -0.366 e. The largest absolute Gasteiger partial charge is 0.366 e. The molecule has 5 nitrogen and oxygen atoms in total. The first kappa shape index (κ1) is 16.3. The fraction of sp³-hybridized carbons (Fsp3) is 0.133. The molecule has 0 fully saturated rings. The SMILES string of the molecule is C=CCNc1cc(C(=O)Nc2ccc(Cl)c(Cl)c2)nc(C)n1. The maximum Gasteiger partial charge on any atom is 0.274 e. The van der Waals surface area contributed by atoms with Crippen LogP contribution in [0.5, 0.6) is 0 Å². The molecule has 0 radical (unpaired) electrons. The zero-order valence-electron chi connectivity index (χ0n) is 11.9. The van der Waals surface area contributed by atoms with Crippen molar-refractivity contribution in [2.24, 2.45) is 0 Å². The molecule has 2 rings (SSSR count). The first-order valence-corrected chi connectivity index (χ1v) is 7.22. The molecule has 0 bridgehead atoms. The molecule has 1 amide bonds. The van der Waals surface area contributed by atoms with E-state index >= 15 is 0 Å². The summed E-state index contributed by atoms with van der Waals surface area (Å²) >= 11 is 11.8. The minimum atomic E-state index is -0.356. The van der Waals surface area contributed by atoms with Crippen LogP contribution in [0, 0.1) is 6.92 Å². The normalized spacial score (nSPS) is 10.1. The molecule has 22 heavy (non-hydrogen) atoms. The maximum atomic E-state index is 12.3. The Morgan fingerprint density at radius 3 is 2.73 bits per heavy atom. The van der Waals surface area contributed by atoms with Crippen molar-refractivity contribution in [1.82, 2.24) is 9.97 Å². The monoisotopic (exact) mass is 336 g/mol. The van der Waals surface area contributed by atoms with E-state index in [2.05, 4.69) is 27.2 Å². The second kappa shape index (κ2) is 7.24. The molecule has 0 saturated carbocycles. The second-order valence-electron chi connectivity index (χ2n) is 4.44. The van der Waals surface area contributed by atoms with Crippen molar-refractivity contribution in [2.75, 3.05) is 17.2 Å². The first-order chi connectivity index (χ1) is 10.5. The lowest BCUT2D eigenvalue weighted by Gasteiger charge is -2.08. The molecule has 0 atom stereocenters. The average Bonchev–Trinajstić information content (AvgIpc) is 2.48. The van der Waals surface area contributed by atoms with Gasteiger partial charge in [0, 0.05) is 18.3 Å². The molecule has 0 spiro atoms. The van der Waals surface area contributed by atoms with Gasteiger partial charge in [0.15, 0.2) is 0 Å². The van der Waals surface area contributed by atoms with Crippen LogP contribution in [0.25, 0.3) is 0 Å².